The molecule has 108 valence electrons. The molecule has 1 saturated heterocycles. The fourth-order valence-corrected chi connectivity index (χ4v) is 2.00. The van der Waals surface area contributed by atoms with Crippen molar-refractivity contribution in [2.24, 2.45) is 5.73 Å². The number of nitrogens with two attached hydrogens (primary N) is 1. The molecule has 0 saturated carbocycles. The molecule has 2 amide bonds. The molecule has 0 unspecified atom stereocenters. The molecule has 0 aliphatic carbocycles. The minimum absolute atomic E-state index is 0.0287. The zero-order valence-corrected chi connectivity index (χ0v) is 12.5. The van der Waals surface area contributed by atoms with Crippen LogP contribution in [-0.4, -0.2) is 65.4 Å². The Morgan fingerprint density at radius 3 is 2.79 bits per heavy atom. The molecular weight excluding hydrogens is 264 g/mol. The largest absolute Gasteiger partial charge is 0.393 e. The predicted molar refractivity (Wildman–Crippen MR) is 77.7 cm³/mol. The maximum absolute atomic E-state index is 12.1. The summed E-state index contributed by atoms with van der Waals surface area (Å²) >= 11 is 4.79. The maximum Gasteiger partial charge on any atom is 0.240 e. The number of nitrogens with one attached hydrogen (secondary N) is 1. The van der Waals surface area contributed by atoms with E-state index < -0.39 is 5.54 Å². The molecule has 0 aromatic carbocycles. The van der Waals surface area contributed by atoms with Crippen LogP contribution in [0.1, 0.15) is 20.3 Å². The Labute approximate surface area is 119 Å². The molecule has 0 spiro atoms. The summed E-state index contributed by atoms with van der Waals surface area (Å²) in [6, 6.07) is 0. The highest BCUT2D eigenvalue weighted by atomic mass is 32.1. The first-order valence-corrected chi connectivity index (χ1v) is 6.71. The van der Waals surface area contributed by atoms with Crippen molar-refractivity contribution in [1.29, 1.82) is 0 Å². The lowest BCUT2D eigenvalue weighted by molar-refractivity contribution is -0.140. The third-order valence-corrected chi connectivity index (χ3v) is 3.66. The number of carbonyl (C=O) groups excluding carboxylic acids is 2. The summed E-state index contributed by atoms with van der Waals surface area (Å²) in [5.74, 6) is -0.0728. The van der Waals surface area contributed by atoms with Crippen molar-refractivity contribution in [2.75, 3.05) is 33.2 Å². The molecule has 6 nitrogen and oxygen atoms in total. The van der Waals surface area contributed by atoms with Crippen molar-refractivity contribution in [3.05, 3.63) is 0 Å². The lowest BCUT2D eigenvalue weighted by Crippen LogP contribution is -2.63. The van der Waals surface area contributed by atoms with E-state index >= 15 is 0 Å². The molecule has 0 bridgehead atoms. The first-order chi connectivity index (χ1) is 8.75. The number of carbonyl (C=O) groups is 2. The molecule has 19 heavy (non-hydrogen) atoms. The Bertz CT molecular complexity index is 384. The minimum atomic E-state index is -0.655. The van der Waals surface area contributed by atoms with Crippen molar-refractivity contribution < 1.29 is 9.59 Å². The summed E-state index contributed by atoms with van der Waals surface area (Å²) in [5.41, 5.74) is 4.76. The van der Waals surface area contributed by atoms with Gasteiger partial charge in [0.05, 0.1) is 17.1 Å². The minimum Gasteiger partial charge on any atom is -0.393 e. The fraction of sp³-hybridized carbons (Fsp3) is 0.750. The number of hydrogen-bond donors (Lipinski definition) is 2. The summed E-state index contributed by atoms with van der Waals surface area (Å²) in [4.78, 5) is 27.8. The van der Waals surface area contributed by atoms with Crippen LogP contribution >= 0.6 is 12.2 Å². The highest BCUT2D eigenvalue weighted by Crippen LogP contribution is 2.17. The molecular formula is C12H22N4O2S. The Morgan fingerprint density at radius 1 is 1.58 bits per heavy atom. The van der Waals surface area contributed by atoms with Gasteiger partial charge in [-0.15, -0.1) is 0 Å². The van der Waals surface area contributed by atoms with Crippen molar-refractivity contribution in [3.63, 3.8) is 0 Å². The average molecular weight is 286 g/mol. The van der Waals surface area contributed by atoms with Crippen LogP contribution in [0, 0.1) is 0 Å². The van der Waals surface area contributed by atoms with Gasteiger partial charge >= 0.3 is 0 Å². The second-order valence-corrected chi connectivity index (χ2v) is 5.79. The van der Waals surface area contributed by atoms with Gasteiger partial charge in [-0.3, -0.25) is 14.5 Å². The Morgan fingerprint density at radius 2 is 2.21 bits per heavy atom. The SMILES string of the molecule is CN(CCC(N)=S)C(=O)CN1CCNC(=O)C1(C)C. The van der Waals surface area contributed by atoms with Gasteiger partial charge in [0.1, 0.15) is 0 Å². The third kappa shape index (κ3) is 4.14. The van der Waals surface area contributed by atoms with E-state index in [0.717, 1.165) is 0 Å². The molecule has 0 radical (unpaired) electrons. The first-order valence-electron chi connectivity index (χ1n) is 6.30. The number of thiocarbonyl (C=S) groups is 1. The van der Waals surface area contributed by atoms with Crippen LogP contribution < -0.4 is 11.1 Å². The highest BCUT2D eigenvalue weighted by molar-refractivity contribution is 7.80. The lowest BCUT2D eigenvalue weighted by atomic mass is 9.99. The molecule has 1 fully saturated rings. The third-order valence-electron chi connectivity index (χ3n) is 3.46. The van der Waals surface area contributed by atoms with Crippen LogP contribution in [0.3, 0.4) is 0 Å². The summed E-state index contributed by atoms with van der Waals surface area (Å²) in [7, 11) is 1.72. The van der Waals surface area contributed by atoms with Crippen LogP contribution in [-0.2, 0) is 9.59 Å². The van der Waals surface area contributed by atoms with E-state index in [4.69, 9.17) is 18.0 Å². The molecule has 1 rings (SSSR count). The second kappa shape index (κ2) is 6.29. The molecule has 3 N–H and O–H groups in total. The number of likely N-dealkylation sites (N-methyl/N-ethyl adjacent to an activating group) is 1. The fourth-order valence-electron chi connectivity index (χ4n) is 1.91. The Kier molecular flexibility index (Phi) is 5.25. The number of piperazine rings is 1. The lowest BCUT2D eigenvalue weighted by Gasteiger charge is -2.41. The van der Waals surface area contributed by atoms with Crippen LogP contribution in [0.4, 0.5) is 0 Å². The molecule has 0 aromatic heterocycles. The van der Waals surface area contributed by atoms with E-state index in [0.29, 0.717) is 31.0 Å². The number of amides is 2. The number of hydrogen-bond acceptors (Lipinski definition) is 4. The van der Waals surface area contributed by atoms with Crippen LogP contribution in [0.25, 0.3) is 0 Å². The highest BCUT2D eigenvalue weighted by Gasteiger charge is 2.38. The zero-order chi connectivity index (χ0) is 14.6. The summed E-state index contributed by atoms with van der Waals surface area (Å²) in [6.45, 7) is 5.64. The van der Waals surface area contributed by atoms with Crippen molar-refractivity contribution in [2.45, 2.75) is 25.8 Å². The zero-order valence-electron chi connectivity index (χ0n) is 11.7. The van der Waals surface area contributed by atoms with Crippen LogP contribution in [0.15, 0.2) is 0 Å². The number of nitrogens with zero attached hydrogens (tertiary/aromatic N) is 2. The van der Waals surface area contributed by atoms with Gasteiger partial charge in [-0.25, -0.2) is 0 Å². The van der Waals surface area contributed by atoms with Crippen molar-refractivity contribution >= 4 is 29.0 Å². The van der Waals surface area contributed by atoms with Gasteiger partial charge in [0.2, 0.25) is 11.8 Å². The summed E-state index contributed by atoms with van der Waals surface area (Å²) < 4.78 is 0. The standard InChI is InChI=1S/C12H22N4O2S/c1-12(2)11(18)14-5-7-16(12)8-10(17)15(3)6-4-9(13)19/h4-8H2,1-3H3,(H2,13,19)(H,14,18). The quantitative estimate of drug-likeness (QED) is 0.656. The summed E-state index contributed by atoms with van der Waals surface area (Å²) in [6.07, 6.45) is 0.515. The van der Waals surface area contributed by atoms with Crippen molar-refractivity contribution in [3.8, 4) is 0 Å². The smallest absolute Gasteiger partial charge is 0.240 e. The molecule has 0 atom stereocenters. The normalized spacial score (nSPS) is 18.8. The van der Waals surface area contributed by atoms with Gasteiger partial charge in [0.15, 0.2) is 0 Å². The molecule has 0 aromatic rings. The second-order valence-electron chi connectivity index (χ2n) is 5.27. The van der Waals surface area contributed by atoms with E-state index in [2.05, 4.69) is 5.32 Å². The molecule has 1 heterocycles. The van der Waals surface area contributed by atoms with E-state index in [-0.39, 0.29) is 18.4 Å². The van der Waals surface area contributed by atoms with Gasteiger partial charge in [-0.2, -0.15) is 0 Å². The maximum atomic E-state index is 12.1. The topological polar surface area (TPSA) is 78.7 Å². The molecule has 1 aliphatic rings. The van der Waals surface area contributed by atoms with Crippen LogP contribution in [0.5, 0.6) is 0 Å². The van der Waals surface area contributed by atoms with E-state index in [9.17, 15) is 9.59 Å². The van der Waals surface area contributed by atoms with Crippen molar-refractivity contribution in [1.82, 2.24) is 15.1 Å². The predicted octanol–water partition coefficient (Wildman–Crippen LogP) is -0.669. The van der Waals surface area contributed by atoms with Gasteiger partial charge in [0.25, 0.3) is 0 Å². The molecule has 1 aliphatic heterocycles. The first kappa shape index (κ1) is 15.8. The molecule has 7 heteroatoms. The average Bonchev–Trinajstić information content (AvgIpc) is 2.32. The van der Waals surface area contributed by atoms with E-state index in [1.165, 1.54) is 0 Å². The monoisotopic (exact) mass is 286 g/mol. The van der Waals surface area contributed by atoms with E-state index in [1.54, 1.807) is 11.9 Å². The van der Waals surface area contributed by atoms with Gasteiger partial charge in [0, 0.05) is 33.1 Å². The van der Waals surface area contributed by atoms with E-state index in [1.807, 2.05) is 18.7 Å². The Hall–Kier alpha value is -1.21. The van der Waals surface area contributed by atoms with Crippen LogP contribution in [0.2, 0.25) is 0 Å². The van der Waals surface area contributed by atoms with Gasteiger partial charge in [-0.1, -0.05) is 12.2 Å². The van der Waals surface area contributed by atoms with Gasteiger partial charge in [-0.05, 0) is 13.8 Å². The van der Waals surface area contributed by atoms with Gasteiger partial charge < -0.3 is 16.0 Å². The Balaban J connectivity index is 2.55. The summed E-state index contributed by atoms with van der Waals surface area (Å²) in [5, 5.41) is 2.81. The number of rotatable bonds is 5.